The van der Waals surface area contributed by atoms with Crippen LogP contribution in [-0.2, 0) is 19.3 Å². The molecule has 0 aliphatic heterocycles. The molecule has 3 aromatic heterocycles. The minimum absolute atomic E-state index is 0.125. The molecular weight excluding hydrogens is 518 g/mol. The van der Waals surface area contributed by atoms with Gasteiger partial charge in [-0.05, 0) is 36.4 Å². The number of hydrogen-bond acceptors (Lipinski definition) is 6. The SMILES string of the molecule is NC(Cn1c(-c2ccc(Cl)cc2)nn(Cc2ncn(-c3ncccc3C(F)(F)F)n2)c1=O)C(F)(F)F. The van der Waals surface area contributed by atoms with Crippen LogP contribution in [0, 0.1) is 0 Å². The van der Waals surface area contributed by atoms with Crippen LogP contribution in [0.3, 0.4) is 0 Å². The maximum atomic E-state index is 13.3. The van der Waals surface area contributed by atoms with Crippen molar-refractivity contribution >= 4 is 11.6 Å². The van der Waals surface area contributed by atoms with E-state index in [1.807, 2.05) is 0 Å². The van der Waals surface area contributed by atoms with Crippen molar-refractivity contribution < 1.29 is 26.3 Å². The Hall–Kier alpha value is -3.72. The molecule has 1 aromatic carbocycles. The summed E-state index contributed by atoms with van der Waals surface area (Å²) in [4.78, 5) is 20.5. The molecule has 0 fully saturated rings. The maximum absolute atomic E-state index is 13.3. The van der Waals surface area contributed by atoms with E-state index < -0.39 is 48.6 Å². The van der Waals surface area contributed by atoms with E-state index >= 15 is 0 Å². The van der Waals surface area contributed by atoms with E-state index in [2.05, 4.69) is 20.2 Å². The van der Waals surface area contributed by atoms with E-state index in [1.165, 1.54) is 24.3 Å². The zero-order valence-electron chi connectivity index (χ0n) is 17.9. The first-order chi connectivity index (χ1) is 16.8. The van der Waals surface area contributed by atoms with Gasteiger partial charge < -0.3 is 5.73 Å². The molecule has 4 rings (SSSR count). The summed E-state index contributed by atoms with van der Waals surface area (Å²) in [6.07, 6.45) is -7.39. The highest BCUT2D eigenvalue weighted by molar-refractivity contribution is 6.30. The van der Waals surface area contributed by atoms with Crippen LogP contribution < -0.4 is 11.4 Å². The summed E-state index contributed by atoms with van der Waals surface area (Å²) >= 11 is 5.86. The zero-order chi connectivity index (χ0) is 26.3. The predicted molar refractivity (Wildman–Crippen MR) is 114 cm³/mol. The number of pyridine rings is 1. The molecule has 9 nitrogen and oxygen atoms in total. The highest BCUT2D eigenvalue weighted by Crippen LogP contribution is 2.32. The first-order valence-corrected chi connectivity index (χ1v) is 10.4. The topological polar surface area (TPSA) is 109 Å². The molecule has 0 saturated heterocycles. The quantitative estimate of drug-likeness (QED) is 0.382. The second-order valence-corrected chi connectivity index (χ2v) is 7.94. The number of nitrogens with two attached hydrogens (primary N) is 1. The summed E-state index contributed by atoms with van der Waals surface area (Å²) in [5.41, 5.74) is 3.50. The van der Waals surface area contributed by atoms with Gasteiger partial charge in [-0.3, -0.25) is 4.57 Å². The molecule has 190 valence electrons. The summed E-state index contributed by atoms with van der Waals surface area (Å²) in [5, 5.41) is 8.37. The molecule has 3 heterocycles. The van der Waals surface area contributed by atoms with Gasteiger partial charge in [0, 0.05) is 16.8 Å². The fourth-order valence-electron chi connectivity index (χ4n) is 3.23. The molecule has 36 heavy (non-hydrogen) atoms. The number of aromatic nitrogens is 7. The van der Waals surface area contributed by atoms with E-state index in [1.54, 1.807) is 0 Å². The zero-order valence-corrected chi connectivity index (χ0v) is 18.6. The summed E-state index contributed by atoms with van der Waals surface area (Å²) in [6, 6.07) is 5.40. The molecule has 0 amide bonds. The standard InChI is InChI=1S/C20H15ClF6N8O/c21-12-5-3-11(4-6-12)16-32-34(18(36)33(16)8-14(28)20(25,26)27)9-15-30-10-35(31-15)17-13(19(22,23)24)2-1-7-29-17/h1-7,10,14H,8-9,28H2. The van der Waals surface area contributed by atoms with Crippen molar-refractivity contribution in [2.75, 3.05) is 0 Å². The van der Waals surface area contributed by atoms with Crippen LogP contribution in [0.5, 0.6) is 0 Å². The molecule has 0 radical (unpaired) electrons. The van der Waals surface area contributed by atoms with Crippen LogP contribution in [0.4, 0.5) is 26.3 Å². The number of rotatable bonds is 6. The van der Waals surface area contributed by atoms with Gasteiger partial charge in [0.05, 0.1) is 6.54 Å². The van der Waals surface area contributed by atoms with E-state index in [0.717, 1.165) is 38.6 Å². The third-order valence-corrected chi connectivity index (χ3v) is 5.22. The van der Waals surface area contributed by atoms with Crippen LogP contribution in [0.2, 0.25) is 5.02 Å². The number of halogens is 7. The number of alkyl halides is 6. The van der Waals surface area contributed by atoms with Crippen LogP contribution in [0.1, 0.15) is 11.4 Å². The minimum atomic E-state index is -4.78. The molecular formula is C20H15ClF6N8O. The Bertz CT molecular complexity index is 1420. The van der Waals surface area contributed by atoms with E-state index in [4.69, 9.17) is 17.3 Å². The third-order valence-electron chi connectivity index (χ3n) is 4.96. The molecule has 1 unspecified atom stereocenters. The second kappa shape index (κ2) is 9.39. The van der Waals surface area contributed by atoms with Gasteiger partial charge in [-0.15, -0.1) is 10.2 Å². The normalized spacial score (nSPS) is 13.2. The summed E-state index contributed by atoms with van der Waals surface area (Å²) in [5.74, 6) is -0.803. The van der Waals surface area contributed by atoms with Gasteiger partial charge in [0.1, 0.15) is 24.5 Å². The van der Waals surface area contributed by atoms with Crippen molar-refractivity contribution in [3.05, 3.63) is 75.8 Å². The van der Waals surface area contributed by atoms with Crippen LogP contribution in [0.15, 0.2) is 53.7 Å². The lowest BCUT2D eigenvalue weighted by Gasteiger charge is -2.16. The Kier molecular flexibility index (Phi) is 6.62. The highest BCUT2D eigenvalue weighted by atomic mass is 35.5. The lowest BCUT2D eigenvalue weighted by molar-refractivity contribution is -0.150. The van der Waals surface area contributed by atoms with Gasteiger partial charge in [-0.2, -0.15) is 26.3 Å². The molecule has 2 N–H and O–H groups in total. The Labute approximate surface area is 202 Å². The molecule has 16 heteroatoms. The lowest BCUT2D eigenvalue weighted by Crippen LogP contribution is -2.43. The van der Waals surface area contributed by atoms with Crippen LogP contribution in [-0.4, -0.2) is 46.3 Å². The van der Waals surface area contributed by atoms with Gasteiger partial charge in [-0.1, -0.05) is 11.6 Å². The largest absolute Gasteiger partial charge is 0.420 e. The van der Waals surface area contributed by atoms with Crippen LogP contribution >= 0.6 is 11.6 Å². The average molecular weight is 533 g/mol. The van der Waals surface area contributed by atoms with Crippen molar-refractivity contribution in [3.63, 3.8) is 0 Å². The smallest absolute Gasteiger partial charge is 0.319 e. The average Bonchev–Trinajstić information content (AvgIpc) is 3.39. The number of hydrogen-bond donors (Lipinski definition) is 1. The second-order valence-electron chi connectivity index (χ2n) is 7.51. The molecule has 0 saturated carbocycles. The fourth-order valence-corrected chi connectivity index (χ4v) is 3.35. The van der Waals surface area contributed by atoms with E-state index in [0.29, 0.717) is 5.02 Å². The van der Waals surface area contributed by atoms with Crippen molar-refractivity contribution in [2.45, 2.75) is 31.5 Å². The minimum Gasteiger partial charge on any atom is -0.319 e. The fraction of sp³-hybridized carbons (Fsp3) is 0.250. The Morgan fingerprint density at radius 3 is 2.33 bits per heavy atom. The van der Waals surface area contributed by atoms with Gasteiger partial charge in [0.15, 0.2) is 17.5 Å². The van der Waals surface area contributed by atoms with Crippen molar-refractivity contribution in [2.24, 2.45) is 5.73 Å². The molecule has 0 aliphatic carbocycles. The maximum Gasteiger partial charge on any atom is 0.420 e. The third kappa shape index (κ3) is 5.26. The highest BCUT2D eigenvalue weighted by Gasteiger charge is 2.38. The number of nitrogens with zero attached hydrogens (tertiary/aromatic N) is 7. The molecule has 1 atom stereocenters. The van der Waals surface area contributed by atoms with Crippen molar-refractivity contribution in [1.82, 2.24) is 34.1 Å². The lowest BCUT2D eigenvalue weighted by atomic mass is 10.2. The molecule has 4 aromatic rings. The predicted octanol–water partition coefficient (Wildman–Crippen LogP) is 3.30. The first-order valence-electron chi connectivity index (χ1n) is 10.0. The van der Waals surface area contributed by atoms with E-state index in [-0.39, 0.29) is 17.2 Å². The Morgan fingerprint density at radius 1 is 1.00 bits per heavy atom. The summed E-state index contributed by atoms with van der Waals surface area (Å²) in [7, 11) is 0. The molecule has 0 bridgehead atoms. The molecule has 0 spiro atoms. The van der Waals surface area contributed by atoms with Gasteiger partial charge in [0.25, 0.3) is 0 Å². The molecule has 0 aliphatic rings. The monoisotopic (exact) mass is 532 g/mol. The van der Waals surface area contributed by atoms with Crippen LogP contribution in [0.25, 0.3) is 17.2 Å². The van der Waals surface area contributed by atoms with Gasteiger partial charge in [-0.25, -0.2) is 24.1 Å². The van der Waals surface area contributed by atoms with E-state index in [9.17, 15) is 31.1 Å². The first kappa shape index (κ1) is 25.4. The number of benzene rings is 1. The van der Waals surface area contributed by atoms with Crippen molar-refractivity contribution in [3.8, 4) is 17.2 Å². The Balaban J connectivity index is 1.71. The van der Waals surface area contributed by atoms with Gasteiger partial charge >= 0.3 is 18.0 Å². The summed E-state index contributed by atoms with van der Waals surface area (Å²) < 4.78 is 81.5. The van der Waals surface area contributed by atoms with Crippen molar-refractivity contribution in [1.29, 1.82) is 0 Å². The van der Waals surface area contributed by atoms with Gasteiger partial charge in [0.2, 0.25) is 0 Å². The Morgan fingerprint density at radius 2 is 1.69 bits per heavy atom. The summed E-state index contributed by atoms with van der Waals surface area (Å²) in [6.45, 7) is -1.38.